The van der Waals surface area contributed by atoms with E-state index in [1.165, 1.54) is 97.6 Å². The highest BCUT2D eigenvalue weighted by Crippen LogP contribution is 2.53. The Kier molecular flexibility index (Phi) is 12.6. The van der Waals surface area contributed by atoms with Gasteiger partial charge in [0.1, 0.15) is 0 Å². The van der Waals surface area contributed by atoms with Crippen LogP contribution >= 0.6 is 0 Å². The van der Waals surface area contributed by atoms with Crippen molar-refractivity contribution >= 4 is 23.6 Å². The van der Waals surface area contributed by atoms with Crippen LogP contribution in [0.25, 0.3) is 0 Å². The second-order valence-electron chi connectivity index (χ2n) is 14.8. The Morgan fingerprint density at radius 3 is 1.35 bits per heavy atom. The summed E-state index contributed by atoms with van der Waals surface area (Å²) < 4.78 is 0. The predicted octanol–water partition coefficient (Wildman–Crippen LogP) is 11.2. The molecule has 46 heavy (non-hydrogen) atoms. The van der Waals surface area contributed by atoms with Crippen molar-refractivity contribution in [2.24, 2.45) is 0 Å². The van der Waals surface area contributed by atoms with Gasteiger partial charge < -0.3 is 0 Å². The number of unbranched alkanes of at least 4 members (excludes halogenated alkanes) is 6. The Balaban J connectivity index is 2.16. The first-order valence-corrected chi connectivity index (χ1v) is 20.8. The molecular formula is C45H64Si. The van der Waals surface area contributed by atoms with Crippen molar-refractivity contribution in [2.75, 3.05) is 0 Å². The highest BCUT2D eigenvalue weighted by molar-refractivity contribution is 7.14. The molecule has 0 saturated carbocycles. The first-order chi connectivity index (χ1) is 22.0. The van der Waals surface area contributed by atoms with Crippen LogP contribution in [0.5, 0.6) is 0 Å². The zero-order valence-electron chi connectivity index (χ0n) is 31.3. The normalized spacial score (nSPS) is 17.8. The van der Waals surface area contributed by atoms with Gasteiger partial charge in [-0.3, -0.25) is 0 Å². The van der Waals surface area contributed by atoms with E-state index in [-0.39, 0.29) is 5.04 Å². The molecule has 0 bridgehead atoms. The molecule has 0 N–H and O–H groups in total. The largest absolute Gasteiger partial charge is 0.161 e. The van der Waals surface area contributed by atoms with Crippen LogP contribution in [0.4, 0.5) is 0 Å². The molecule has 3 aromatic carbocycles. The summed E-state index contributed by atoms with van der Waals surface area (Å²) in [6.45, 7) is 23.7. The third-order valence-electron chi connectivity index (χ3n) is 11.3. The number of allylic oxidation sites excluding steroid dienone is 4. The molecule has 0 spiro atoms. The zero-order chi connectivity index (χ0) is 33.5. The van der Waals surface area contributed by atoms with Gasteiger partial charge in [-0.2, -0.15) is 0 Å². The van der Waals surface area contributed by atoms with Crippen LogP contribution in [-0.2, 0) is 25.7 Å². The van der Waals surface area contributed by atoms with Gasteiger partial charge in [-0.05, 0) is 117 Å². The van der Waals surface area contributed by atoms with Gasteiger partial charge >= 0.3 is 0 Å². The maximum atomic E-state index is 2.70. The first kappa shape index (κ1) is 36.2. The van der Waals surface area contributed by atoms with E-state index >= 15 is 0 Å². The Labute approximate surface area is 284 Å². The molecule has 1 heteroatoms. The SMILES string of the molecule is CCCCCCc1cc(CCCCCC)cc([Si](c2cc(C)cc(C)c2)(c2cc(CC)cc(CC)c2)C2(C)C=C(C)C(C)=C2C)c1. The molecule has 0 aromatic heterocycles. The van der Waals surface area contributed by atoms with Gasteiger partial charge in [0.2, 0.25) is 0 Å². The fourth-order valence-corrected chi connectivity index (χ4v) is 15.0. The minimum atomic E-state index is -2.73. The van der Waals surface area contributed by atoms with Crippen LogP contribution in [0.1, 0.15) is 140 Å². The molecule has 0 fully saturated rings. The Morgan fingerprint density at radius 1 is 0.500 bits per heavy atom. The average molecular weight is 633 g/mol. The maximum absolute atomic E-state index is 2.73. The maximum Gasteiger partial charge on any atom is 0.161 e. The summed E-state index contributed by atoms with van der Waals surface area (Å²) in [5.41, 5.74) is 13.3. The van der Waals surface area contributed by atoms with Crippen molar-refractivity contribution in [3.63, 3.8) is 0 Å². The molecule has 1 aliphatic carbocycles. The summed E-state index contributed by atoms with van der Waals surface area (Å²) >= 11 is 0. The van der Waals surface area contributed by atoms with Crippen LogP contribution in [-0.4, -0.2) is 8.07 Å². The van der Waals surface area contributed by atoms with E-state index in [1.807, 2.05) is 0 Å². The summed E-state index contributed by atoms with van der Waals surface area (Å²) in [7, 11) is -2.73. The van der Waals surface area contributed by atoms with Crippen molar-refractivity contribution in [3.05, 3.63) is 111 Å². The minimum Gasteiger partial charge on any atom is -0.0730 e. The third-order valence-corrected chi connectivity index (χ3v) is 16.8. The van der Waals surface area contributed by atoms with Crippen molar-refractivity contribution < 1.29 is 0 Å². The van der Waals surface area contributed by atoms with Crippen molar-refractivity contribution in [3.8, 4) is 0 Å². The molecule has 0 aliphatic heterocycles. The van der Waals surface area contributed by atoms with Gasteiger partial charge in [-0.15, -0.1) is 0 Å². The molecule has 248 valence electrons. The molecule has 0 nitrogen and oxygen atoms in total. The van der Waals surface area contributed by atoms with E-state index in [1.54, 1.807) is 32.3 Å². The van der Waals surface area contributed by atoms with E-state index in [9.17, 15) is 0 Å². The molecule has 0 saturated heterocycles. The van der Waals surface area contributed by atoms with Gasteiger partial charge in [-0.25, -0.2) is 0 Å². The molecule has 2 unspecified atom stereocenters. The van der Waals surface area contributed by atoms with Gasteiger partial charge in [0.15, 0.2) is 8.07 Å². The van der Waals surface area contributed by atoms with Gasteiger partial charge in [-0.1, -0.05) is 156 Å². The minimum absolute atomic E-state index is 0.0842. The lowest BCUT2D eigenvalue weighted by molar-refractivity contribution is 0.661. The summed E-state index contributed by atoms with van der Waals surface area (Å²) in [5, 5.41) is 4.70. The second-order valence-corrected chi connectivity index (χ2v) is 19.1. The van der Waals surface area contributed by atoms with Crippen molar-refractivity contribution in [1.82, 2.24) is 0 Å². The first-order valence-electron chi connectivity index (χ1n) is 18.8. The lowest BCUT2D eigenvalue weighted by Gasteiger charge is -2.48. The van der Waals surface area contributed by atoms with Gasteiger partial charge in [0.25, 0.3) is 0 Å². The standard InChI is InChI=1S/C45H64Si/c1-11-15-17-19-21-40-27-41(22-20-18-16-12-2)31-44(30-40)46(42-24-33(5)23-34(6)25-42,45(10)32-35(7)36(8)37(45)9)43-28-38(13-3)26-39(14-4)29-43/h23-32H,11-22H2,1-10H3. The van der Waals surface area contributed by atoms with Crippen LogP contribution in [0.15, 0.2) is 77.4 Å². The number of benzene rings is 3. The molecule has 0 amide bonds. The van der Waals surface area contributed by atoms with Crippen LogP contribution in [0, 0.1) is 13.8 Å². The topological polar surface area (TPSA) is 0 Å². The fraction of sp³-hybridized carbons (Fsp3) is 0.511. The number of rotatable bonds is 16. The molecule has 4 rings (SSSR count). The van der Waals surface area contributed by atoms with E-state index < -0.39 is 8.07 Å². The average Bonchev–Trinajstić information content (AvgIpc) is 3.23. The highest BCUT2D eigenvalue weighted by Gasteiger charge is 2.56. The Bertz CT molecular complexity index is 1480. The monoisotopic (exact) mass is 632 g/mol. The third kappa shape index (κ3) is 7.41. The summed E-state index contributed by atoms with van der Waals surface area (Å²) in [4.78, 5) is 0. The molecule has 0 heterocycles. The Morgan fingerprint density at radius 2 is 0.935 bits per heavy atom. The van der Waals surface area contributed by atoms with E-state index in [4.69, 9.17) is 0 Å². The predicted molar refractivity (Wildman–Crippen MR) is 208 cm³/mol. The molecule has 3 aromatic rings. The lowest BCUT2D eigenvalue weighted by atomic mass is 10.0. The lowest BCUT2D eigenvalue weighted by Crippen LogP contribution is -2.73. The quantitative estimate of drug-likeness (QED) is 0.0837. The molecule has 1 aliphatic rings. The number of hydrogen-bond acceptors (Lipinski definition) is 0. The summed E-state index contributed by atoms with van der Waals surface area (Å²) in [5.74, 6) is 0. The highest BCUT2D eigenvalue weighted by atomic mass is 28.3. The summed E-state index contributed by atoms with van der Waals surface area (Å²) in [6, 6.07) is 23.3. The smallest absolute Gasteiger partial charge is 0.0730 e. The van der Waals surface area contributed by atoms with Gasteiger partial charge in [0.05, 0.1) is 0 Å². The van der Waals surface area contributed by atoms with Crippen molar-refractivity contribution in [1.29, 1.82) is 0 Å². The van der Waals surface area contributed by atoms with Gasteiger partial charge in [0, 0.05) is 5.04 Å². The van der Waals surface area contributed by atoms with Crippen LogP contribution in [0.3, 0.4) is 0 Å². The molecule has 2 atom stereocenters. The number of aryl methyl sites for hydroxylation is 6. The van der Waals surface area contributed by atoms with Crippen molar-refractivity contribution in [2.45, 2.75) is 151 Å². The zero-order valence-corrected chi connectivity index (χ0v) is 32.3. The molecular weight excluding hydrogens is 569 g/mol. The molecule has 0 radical (unpaired) electrons. The number of hydrogen-bond donors (Lipinski definition) is 0. The van der Waals surface area contributed by atoms with Crippen LogP contribution < -0.4 is 15.6 Å². The Hall–Kier alpha value is -2.64. The summed E-state index contributed by atoms with van der Waals surface area (Å²) in [6.07, 6.45) is 17.6. The van der Waals surface area contributed by atoms with E-state index in [2.05, 4.69) is 130 Å². The fourth-order valence-electron chi connectivity index (χ4n) is 8.48. The van der Waals surface area contributed by atoms with E-state index in [0.717, 1.165) is 12.8 Å². The van der Waals surface area contributed by atoms with Crippen LogP contribution in [0.2, 0.25) is 5.04 Å². The van der Waals surface area contributed by atoms with E-state index in [0.29, 0.717) is 0 Å². The second kappa shape index (κ2) is 16.0.